The van der Waals surface area contributed by atoms with Gasteiger partial charge < -0.3 is 19.4 Å². The Hall–Kier alpha value is -2.85. The predicted molar refractivity (Wildman–Crippen MR) is 138 cm³/mol. The molecule has 1 N–H and O–H groups in total. The number of nitrogens with zero attached hydrogens (tertiary/aromatic N) is 3. The summed E-state index contributed by atoms with van der Waals surface area (Å²) < 4.78 is 13.1. The second-order valence-electron chi connectivity index (χ2n) is 8.52. The van der Waals surface area contributed by atoms with Crippen molar-refractivity contribution in [3.8, 4) is 5.75 Å². The molecule has 186 valence electrons. The first-order valence-electron chi connectivity index (χ1n) is 11.7. The van der Waals surface area contributed by atoms with E-state index in [1.165, 1.54) is 28.7 Å². The Morgan fingerprint density at radius 1 is 1.23 bits per heavy atom. The molecule has 35 heavy (non-hydrogen) atoms. The lowest BCUT2D eigenvalue weighted by atomic mass is 10.1. The zero-order chi connectivity index (χ0) is 25.1. The van der Waals surface area contributed by atoms with Crippen molar-refractivity contribution in [3.63, 3.8) is 0 Å². The molecular formula is C25H30N4O4S2. The van der Waals surface area contributed by atoms with E-state index in [0.29, 0.717) is 28.2 Å². The summed E-state index contributed by atoms with van der Waals surface area (Å²) in [4.78, 5) is 26.4. The molecular weight excluding hydrogens is 484 g/mol. The van der Waals surface area contributed by atoms with Crippen molar-refractivity contribution in [2.75, 3.05) is 17.7 Å². The van der Waals surface area contributed by atoms with Gasteiger partial charge in [0.15, 0.2) is 17.1 Å². The predicted octanol–water partition coefficient (Wildman–Crippen LogP) is 5.03. The maximum absolute atomic E-state index is 12.7. The second-order valence-corrected chi connectivity index (χ2v) is 10.6. The van der Waals surface area contributed by atoms with Crippen molar-refractivity contribution in [3.05, 3.63) is 51.2 Å². The molecule has 3 aromatic rings. The molecule has 0 aliphatic heterocycles. The van der Waals surface area contributed by atoms with Crippen LogP contribution < -0.4 is 10.1 Å². The zero-order valence-corrected chi connectivity index (χ0v) is 22.3. The number of carbonyl (C=O) groups is 2. The molecule has 0 saturated heterocycles. The molecule has 1 aliphatic rings. The number of ether oxygens (including phenoxy) is 2. The molecule has 1 aromatic carbocycles. The van der Waals surface area contributed by atoms with Crippen molar-refractivity contribution in [2.45, 2.75) is 58.2 Å². The van der Waals surface area contributed by atoms with Crippen LogP contribution in [0.15, 0.2) is 23.4 Å². The Labute approximate surface area is 213 Å². The lowest BCUT2D eigenvalue weighted by Crippen LogP contribution is -2.17. The highest BCUT2D eigenvalue weighted by molar-refractivity contribution is 7.99. The number of nitrogens with one attached hydrogen (secondary N) is 1. The number of esters is 1. The van der Waals surface area contributed by atoms with Gasteiger partial charge in [-0.15, -0.1) is 21.5 Å². The summed E-state index contributed by atoms with van der Waals surface area (Å²) >= 11 is 2.76. The number of rotatable bonds is 9. The van der Waals surface area contributed by atoms with Crippen molar-refractivity contribution in [1.29, 1.82) is 0 Å². The third-order valence-corrected chi connectivity index (χ3v) is 8.24. The maximum atomic E-state index is 12.7. The van der Waals surface area contributed by atoms with Crippen LogP contribution in [-0.2, 0) is 29.4 Å². The molecule has 1 aliphatic carbocycles. The Bertz CT molecular complexity index is 1250. The Morgan fingerprint density at radius 2 is 2.03 bits per heavy atom. The second kappa shape index (κ2) is 10.8. The fourth-order valence-electron chi connectivity index (χ4n) is 4.05. The number of amides is 1. The van der Waals surface area contributed by atoms with Crippen LogP contribution in [0.2, 0.25) is 0 Å². The molecule has 0 spiro atoms. The van der Waals surface area contributed by atoms with E-state index in [1.807, 2.05) is 36.7 Å². The van der Waals surface area contributed by atoms with Crippen LogP contribution in [0.3, 0.4) is 0 Å². The number of thioether (sulfide) groups is 1. The van der Waals surface area contributed by atoms with E-state index in [1.54, 1.807) is 6.92 Å². The SMILES string of the molecule is CCOC(=O)c1c(NC(=O)CSc2nnc(C(C)Oc3ccc(C)c(C)c3)n2C)sc2c1CCC2. The van der Waals surface area contributed by atoms with Gasteiger partial charge in [0.1, 0.15) is 10.8 Å². The zero-order valence-electron chi connectivity index (χ0n) is 20.6. The van der Waals surface area contributed by atoms with Gasteiger partial charge >= 0.3 is 5.97 Å². The summed E-state index contributed by atoms with van der Waals surface area (Å²) in [5, 5.41) is 12.6. The third kappa shape index (κ3) is 5.54. The van der Waals surface area contributed by atoms with Gasteiger partial charge in [0.25, 0.3) is 0 Å². The molecule has 0 radical (unpaired) electrons. The average Bonchev–Trinajstić information content (AvgIpc) is 3.49. The van der Waals surface area contributed by atoms with Crippen LogP contribution in [0.1, 0.15) is 64.1 Å². The first kappa shape index (κ1) is 25.2. The molecule has 1 amide bonds. The van der Waals surface area contributed by atoms with E-state index in [4.69, 9.17) is 9.47 Å². The van der Waals surface area contributed by atoms with Crippen LogP contribution in [0.4, 0.5) is 5.00 Å². The Balaban J connectivity index is 1.39. The Morgan fingerprint density at radius 3 is 2.77 bits per heavy atom. The van der Waals surface area contributed by atoms with Crippen LogP contribution in [0.5, 0.6) is 5.75 Å². The molecule has 0 fully saturated rings. The number of anilines is 1. The number of hydrogen-bond acceptors (Lipinski definition) is 8. The molecule has 0 saturated carbocycles. The van der Waals surface area contributed by atoms with Crippen LogP contribution in [0, 0.1) is 13.8 Å². The van der Waals surface area contributed by atoms with Gasteiger partial charge in [0.05, 0.1) is 17.9 Å². The summed E-state index contributed by atoms with van der Waals surface area (Å²) in [6, 6.07) is 5.98. The number of aryl methyl sites for hydroxylation is 3. The number of hydrogen-bond donors (Lipinski definition) is 1. The minimum Gasteiger partial charge on any atom is -0.483 e. The van der Waals surface area contributed by atoms with Crippen molar-refractivity contribution in [2.24, 2.45) is 7.05 Å². The van der Waals surface area contributed by atoms with E-state index in [0.717, 1.165) is 41.0 Å². The van der Waals surface area contributed by atoms with E-state index in [9.17, 15) is 9.59 Å². The van der Waals surface area contributed by atoms with Gasteiger partial charge in [-0.05, 0) is 75.8 Å². The van der Waals surface area contributed by atoms with Gasteiger partial charge in [0, 0.05) is 11.9 Å². The number of aromatic nitrogens is 3. The van der Waals surface area contributed by atoms with Gasteiger partial charge in [0.2, 0.25) is 5.91 Å². The lowest BCUT2D eigenvalue weighted by Gasteiger charge is -2.15. The molecule has 1 unspecified atom stereocenters. The van der Waals surface area contributed by atoms with Gasteiger partial charge in [-0.1, -0.05) is 17.8 Å². The average molecular weight is 515 g/mol. The van der Waals surface area contributed by atoms with E-state index in [-0.39, 0.29) is 23.7 Å². The summed E-state index contributed by atoms with van der Waals surface area (Å²) in [7, 11) is 1.86. The molecule has 0 bridgehead atoms. The molecule has 2 heterocycles. The normalized spacial score (nSPS) is 13.4. The first-order chi connectivity index (χ1) is 16.8. The number of thiophene rings is 1. The maximum Gasteiger partial charge on any atom is 0.341 e. The highest BCUT2D eigenvalue weighted by Gasteiger charge is 2.28. The smallest absolute Gasteiger partial charge is 0.341 e. The quantitative estimate of drug-likeness (QED) is 0.316. The van der Waals surface area contributed by atoms with Gasteiger partial charge in [-0.2, -0.15) is 0 Å². The van der Waals surface area contributed by atoms with Crippen molar-refractivity contribution in [1.82, 2.24) is 14.8 Å². The monoisotopic (exact) mass is 514 g/mol. The molecule has 8 nitrogen and oxygen atoms in total. The van der Waals surface area contributed by atoms with Crippen molar-refractivity contribution < 1.29 is 19.1 Å². The molecule has 10 heteroatoms. The molecule has 4 rings (SSSR count). The summed E-state index contributed by atoms with van der Waals surface area (Å²) in [5.41, 5.74) is 3.91. The van der Waals surface area contributed by atoms with Crippen LogP contribution >= 0.6 is 23.1 Å². The minimum absolute atomic E-state index is 0.142. The van der Waals surface area contributed by atoms with E-state index >= 15 is 0 Å². The highest BCUT2D eigenvalue weighted by Crippen LogP contribution is 2.39. The lowest BCUT2D eigenvalue weighted by molar-refractivity contribution is -0.113. The standard InChI is InChI=1S/C25H30N4O4S2/c1-6-32-24(31)21-18-8-7-9-19(18)35-23(21)26-20(30)13-34-25-28-27-22(29(25)5)16(4)33-17-11-10-14(2)15(3)12-17/h10-12,16H,6-9,13H2,1-5H3,(H,26,30). The summed E-state index contributed by atoms with van der Waals surface area (Å²) in [6.07, 6.45) is 2.49. The van der Waals surface area contributed by atoms with E-state index < -0.39 is 0 Å². The van der Waals surface area contributed by atoms with E-state index in [2.05, 4.69) is 29.4 Å². The summed E-state index contributed by atoms with van der Waals surface area (Å²) in [6.45, 7) is 8.12. The third-order valence-electron chi connectivity index (χ3n) is 6.01. The molecule has 1 atom stereocenters. The fourth-order valence-corrected chi connectivity index (χ4v) is 6.07. The number of benzene rings is 1. The molecule has 2 aromatic heterocycles. The summed E-state index contributed by atoms with van der Waals surface area (Å²) in [5.74, 6) is 1.02. The van der Waals surface area contributed by atoms with Crippen LogP contribution in [-0.4, -0.2) is 39.0 Å². The minimum atomic E-state index is -0.370. The first-order valence-corrected chi connectivity index (χ1v) is 13.5. The Kier molecular flexibility index (Phi) is 7.81. The number of carbonyl (C=O) groups excluding carboxylic acids is 2. The van der Waals surface area contributed by atoms with Crippen molar-refractivity contribution >= 4 is 40.0 Å². The van der Waals surface area contributed by atoms with Crippen LogP contribution in [0.25, 0.3) is 0 Å². The largest absolute Gasteiger partial charge is 0.483 e. The van der Waals surface area contributed by atoms with Gasteiger partial charge in [-0.25, -0.2) is 4.79 Å². The number of fused-ring (bicyclic) bond motifs is 1. The highest BCUT2D eigenvalue weighted by atomic mass is 32.2. The van der Waals surface area contributed by atoms with Gasteiger partial charge in [-0.3, -0.25) is 4.79 Å². The fraction of sp³-hybridized carbons (Fsp3) is 0.440. The topological polar surface area (TPSA) is 95.3 Å².